The monoisotopic (exact) mass is 211 g/mol. The van der Waals surface area contributed by atoms with Gasteiger partial charge >= 0.3 is 0 Å². The van der Waals surface area contributed by atoms with Crippen LogP contribution in [0.5, 0.6) is 5.75 Å². The summed E-state index contributed by atoms with van der Waals surface area (Å²) in [6.07, 6.45) is -2.00. The number of likely N-dealkylation sites (N-methyl/N-ethyl adjacent to an activating group) is 1. The fourth-order valence-electron chi connectivity index (χ4n) is 1.45. The van der Waals surface area contributed by atoms with E-state index in [4.69, 9.17) is 0 Å². The highest BCUT2D eigenvalue weighted by molar-refractivity contribution is 5.41. The molecule has 2 unspecified atom stereocenters. The summed E-state index contributed by atoms with van der Waals surface area (Å²) in [5, 5.41) is 31.8. The van der Waals surface area contributed by atoms with Gasteiger partial charge in [-0.1, -0.05) is 18.2 Å². The molecule has 0 heterocycles. The summed E-state index contributed by atoms with van der Waals surface area (Å²) in [6.45, 7) is 2.02. The van der Waals surface area contributed by atoms with Crippen LogP contribution >= 0.6 is 0 Å². The summed E-state index contributed by atoms with van der Waals surface area (Å²) in [5.41, 5.74) is 1.04. The van der Waals surface area contributed by atoms with Gasteiger partial charge in [0.1, 0.15) is 11.9 Å². The third-order valence-corrected chi connectivity index (χ3v) is 2.37. The molecule has 1 rings (SSSR count). The minimum Gasteiger partial charge on any atom is -0.507 e. The molecule has 1 aromatic carbocycles. The first-order chi connectivity index (χ1) is 7.07. The number of benzene rings is 1. The van der Waals surface area contributed by atoms with Crippen LogP contribution in [0.2, 0.25) is 0 Å². The molecule has 0 fully saturated rings. The number of nitrogens with one attached hydrogen (secondary N) is 1. The molecule has 15 heavy (non-hydrogen) atoms. The van der Waals surface area contributed by atoms with Crippen LogP contribution in [0, 0.1) is 6.92 Å². The van der Waals surface area contributed by atoms with Crippen molar-refractivity contribution in [1.29, 1.82) is 0 Å². The van der Waals surface area contributed by atoms with Gasteiger partial charge in [-0.05, 0) is 19.5 Å². The molecule has 0 saturated heterocycles. The maximum absolute atomic E-state index is 9.78. The molecule has 2 atom stereocenters. The molecule has 0 aliphatic heterocycles. The fraction of sp³-hybridized carbons (Fsp3) is 0.455. The largest absolute Gasteiger partial charge is 0.507 e. The van der Waals surface area contributed by atoms with Gasteiger partial charge in [0.2, 0.25) is 0 Å². The highest BCUT2D eigenvalue weighted by Gasteiger charge is 2.20. The second-order valence-corrected chi connectivity index (χ2v) is 3.58. The first kappa shape index (κ1) is 12.0. The van der Waals surface area contributed by atoms with E-state index in [9.17, 15) is 15.3 Å². The first-order valence-electron chi connectivity index (χ1n) is 4.87. The van der Waals surface area contributed by atoms with E-state index in [1.54, 1.807) is 32.2 Å². The minimum absolute atomic E-state index is 0.0418. The summed E-state index contributed by atoms with van der Waals surface area (Å²) < 4.78 is 0. The van der Waals surface area contributed by atoms with Crippen molar-refractivity contribution in [3.05, 3.63) is 29.3 Å². The average molecular weight is 211 g/mol. The Bertz CT molecular complexity index is 328. The normalized spacial score (nSPS) is 14.9. The second-order valence-electron chi connectivity index (χ2n) is 3.58. The highest BCUT2D eigenvalue weighted by atomic mass is 16.3. The van der Waals surface area contributed by atoms with Gasteiger partial charge in [-0.25, -0.2) is 0 Å². The van der Waals surface area contributed by atoms with Crippen LogP contribution in [-0.4, -0.2) is 35.0 Å². The minimum atomic E-state index is -1.07. The number of rotatable bonds is 4. The number of phenolic OH excluding ortho intramolecular Hbond substituents is 1. The fourth-order valence-corrected chi connectivity index (χ4v) is 1.45. The van der Waals surface area contributed by atoms with Gasteiger partial charge in [0, 0.05) is 12.1 Å². The van der Waals surface area contributed by atoms with E-state index >= 15 is 0 Å². The van der Waals surface area contributed by atoms with Crippen molar-refractivity contribution in [2.45, 2.75) is 19.1 Å². The van der Waals surface area contributed by atoms with Crippen LogP contribution in [0.1, 0.15) is 17.2 Å². The second kappa shape index (κ2) is 5.11. The quantitative estimate of drug-likeness (QED) is 0.578. The third kappa shape index (κ3) is 2.68. The van der Waals surface area contributed by atoms with E-state index in [1.807, 2.05) is 0 Å². The van der Waals surface area contributed by atoms with E-state index in [0.29, 0.717) is 11.1 Å². The Balaban J connectivity index is 2.90. The van der Waals surface area contributed by atoms with Crippen molar-refractivity contribution in [3.63, 3.8) is 0 Å². The van der Waals surface area contributed by atoms with Gasteiger partial charge in [-0.15, -0.1) is 0 Å². The topological polar surface area (TPSA) is 72.7 Å². The number of para-hydroxylation sites is 1. The molecule has 0 spiro atoms. The number of phenols is 1. The van der Waals surface area contributed by atoms with E-state index in [-0.39, 0.29) is 12.3 Å². The number of hydrogen-bond donors (Lipinski definition) is 4. The molecule has 0 amide bonds. The lowest BCUT2D eigenvalue weighted by atomic mass is 10.0. The van der Waals surface area contributed by atoms with Gasteiger partial charge in [-0.3, -0.25) is 0 Å². The van der Waals surface area contributed by atoms with E-state index in [0.717, 1.165) is 0 Å². The van der Waals surface area contributed by atoms with Crippen molar-refractivity contribution in [3.8, 4) is 5.75 Å². The van der Waals surface area contributed by atoms with Crippen LogP contribution in [-0.2, 0) is 0 Å². The molecule has 0 aromatic heterocycles. The zero-order valence-corrected chi connectivity index (χ0v) is 8.94. The van der Waals surface area contributed by atoms with Crippen molar-refractivity contribution in [2.24, 2.45) is 0 Å². The Morgan fingerprint density at radius 1 is 1.33 bits per heavy atom. The van der Waals surface area contributed by atoms with Gasteiger partial charge in [0.15, 0.2) is 0 Å². The van der Waals surface area contributed by atoms with Gasteiger partial charge in [-0.2, -0.15) is 0 Å². The summed E-state index contributed by atoms with van der Waals surface area (Å²) in [4.78, 5) is 0. The van der Waals surface area contributed by atoms with Crippen LogP contribution in [0.15, 0.2) is 18.2 Å². The van der Waals surface area contributed by atoms with E-state index in [2.05, 4.69) is 5.32 Å². The summed E-state index contributed by atoms with van der Waals surface area (Å²) in [7, 11) is 1.69. The third-order valence-electron chi connectivity index (χ3n) is 2.37. The van der Waals surface area contributed by atoms with Crippen molar-refractivity contribution < 1.29 is 15.3 Å². The Labute approximate surface area is 89.2 Å². The Kier molecular flexibility index (Phi) is 4.08. The molecule has 0 aliphatic rings. The molecular weight excluding hydrogens is 194 g/mol. The number of hydrogen-bond acceptors (Lipinski definition) is 4. The smallest absolute Gasteiger partial charge is 0.124 e. The maximum atomic E-state index is 9.78. The molecule has 4 nitrogen and oxygen atoms in total. The average Bonchev–Trinajstić information content (AvgIpc) is 2.21. The van der Waals surface area contributed by atoms with Crippen molar-refractivity contribution >= 4 is 0 Å². The first-order valence-corrected chi connectivity index (χ1v) is 4.87. The molecule has 4 heteroatoms. The van der Waals surface area contributed by atoms with Crippen LogP contribution in [0.4, 0.5) is 0 Å². The van der Waals surface area contributed by atoms with Crippen LogP contribution in [0.25, 0.3) is 0 Å². The molecule has 0 radical (unpaired) electrons. The molecule has 84 valence electrons. The molecule has 1 aromatic rings. The molecule has 0 bridgehead atoms. The van der Waals surface area contributed by atoms with Crippen molar-refractivity contribution in [1.82, 2.24) is 5.32 Å². The maximum Gasteiger partial charge on any atom is 0.124 e. The Hall–Kier alpha value is -1.10. The van der Waals surface area contributed by atoms with Gasteiger partial charge < -0.3 is 20.6 Å². The predicted molar refractivity (Wildman–Crippen MR) is 57.7 cm³/mol. The lowest BCUT2D eigenvalue weighted by Gasteiger charge is -2.19. The SMILES string of the molecule is CNCC(O)C(O)c1cccc(C)c1O. The number of aliphatic hydroxyl groups is 2. The zero-order valence-electron chi connectivity index (χ0n) is 8.94. The number of aromatic hydroxyl groups is 1. The molecule has 4 N–H and O–H groups in total. The lowest BCUT2D eigenvalue weighted by Crippen LogP contribution is -2.29. The number of aryl methyl sites for hydroxylation is 1. The Morgan fingerprint density at radius 2 is 2.00 bits per heavy atom. The van der Waals surface area contributed by atoms with Gasteiger partial charge in [0.25, 0.3) is 0 Å². The van der Waals surface area contributed by atoms with E-state index < -0.39 is 12.2 Å². The molecule has 0 saturated carbocycles. The number of aliphatic hydroxyl groups excluding tert-OH is 2. The molecule has 0 aliphatic carbocycles. The van der Waals surface area contributed by atoms with Gasteiger partial charge in [0.05, 0.1) is 6.10 Å². The van der Waals surface area contributed by atoms with Crippen molar-refractivity contribution in [2.75, 3.05) is 13.6 Å². The lowest BCUT2D eigenvalue weighted by molar-refractivity contribution is 0.0188. The molecular formula is C11H17NO3. The summed E-state index contributed by atoms with van der Waals surface area (Å²) in [5.74, 6) is 0.0418. The summed E-state index contributed by atoms with van der Waals surface area (Å²) in [6, 6.07) is 5.08. The van der Waals surface area contributed by atoms with Crippen LogP contribution in [0.3, 0.4) is 0 Å². The highest BCUT2D eigenvalue weighted by Crippen LogP contribution is 2.28. The Morgan fingerprint density at radius 3 is 2.60 bits per heavy atom. The zero-order chi connectivity index (χ0) is 11.4. The van der Waals surface area contributed by atoms with E-state index in [1.165, 1.54) is 0 Å². The van der Waals surface area contributed by atoms with Crippen LogP contribution < -0.4 is 5.32 Å². The summed E-state index contributed by atoms with van der Waals surface area (Å²) >= 11 is 0. The standard InChI is InChI=1S/C11H17NO3/c1-7-4-3-5-8(10(7)14)11(15)9(13)6-12-2/h3-5,9,11-15H,6H2,1-2H3. The predicted octanol–water partition coefficient (Wildman–Crippen LogP) is 0.314.